The second-order valence-electron chi connectivity index (χ2n) is 3.40. The summed E-state index contributed by atoms with van der Waals surface area (Å²) < 4.78 is 24.9. The first-order chi connectivity index (χ1) is 8.19. The van der Waals surface area contributed by atoms with Crippen LogP contribution in [-0.4, -0.2) is 6.67 Å². The van der Waals surface area contributed by atoms with Crippen molar-refractivity contribution in [2.24, 2.45) is 0 Å². The molecule has 0 spiro atoms. The molecule has 0 N–H and O–H groups in total. The summed E-state index contributed by atoms with van der Waals surface area (Å²) >= 11 is 0. The summed E-state index contributed by atoms with van der Waals surface area (Å²) in [7, 11) is 0. The van der Waals surface area contributed by atoms with Crippen molar-refractivity contribution < 1.29 is 8.78 Å². The van der Waals surface area contributed by atoms with Crippen LogP contribution in [0.4, 0.5) is 8.78 Å². The van der Waals surface area contributed by atoms with Crippen LogP contribution >= 0.6 is 0 Å². The fourth-order valence-electron chi connectivity index (χ4n) is 1.37. The summed E-state index contributed by atoms with van der Waals surface area (Å²) in [5.41, 5.74) is 2.25. The summed E-state index contributed by atoms with van der Waals surface area (Å²) in [5, 5.41) is 0. The van der Waals surface area contributed by atoms with E-state index in [2.05, 4.69) is 13.2 Å². The number of rotatable bonds is 5. The highest BCUT2D eigenvalue weighted by molar-refractivity contribution is 5.80. The van der Waals surface area contributed by atoms with E-state index in [1.54, 1.807) is 30.4 Å². The predicted molar refractivity (Wildman–Crippen MR) is 68.8 cm³/mol. The van der Waals surface area contributed by atoms with Gasteiger partial charge in [-0.3, -0.25) is 0 Å². The number of hydrogen-bond donors (Lipinski definition) is 0. The van der Waals surface area contributed by atoms with Gasteiger partial charge in [-0.15, -0.1) is 0 Å². The minimum atomic E-state index is -0.537. The summed E-state index contributed by atoms with van der Waals surface area (Å²) in [6.45, 7) is 6.97. The molecule has 0 bridgehead atoms. The molecular weight excluding hydrogens is 218 g/mol. The van der Waals surface area contributed by atoms with Crippen LogP contribution in [0, 0.1) is 5.82 Å². The fraction of sp³-hybridized carbons (Fsp3) is 0.0667. The second kappa shape index (κ2) is 6.59. The molecule has 0 aliphatic rings. The molecule has 1 rings (SSSR count). The van der Waals surface area contributed by atoms with E-state index < -0.39 is 6.67 Å². The molecule has 17 heavy (non-hydrogen) atoms. The van der Waals surface area contributed by atoms with Gasteiger partial charge < -0.3 is 0 Å². The second-order valence-corrected chi connectivity index (χ2v) is 3.40. The lowest BCUT2D eigenvalue weighted by Gasteiger charge is -2.06. The van der Waals surface area contributed by atoms with Gasteiger partial charge in [-0.25, -0.2) is 8.78 Å². The molecule has 0 saturated carbocycles. The molecule has 0 unspecified atom stereocenters. The number of benzene rings is 1. The topological polar surface area (TPSA) is 0 Å². The minimum Gasteiger partial charge on any atom is -0.247 e. The van der Waals surface area contributed by atoms with Gasteiger partial charge in [-0.2, -0.15) is 0 Å². The van der Waals surface area contributed by atoms with E-state index in [1.165, 1.54) is 18.2 Å². The van der Waals surface area contributed by atoms with Gasteiger partial charge in [0.15, 0.2) is 0 Å². The Morgan fingerprint density at radius 2 is 1.88 bits per heavy atom. The smallest absolute Gasteiger partial charge is 0.123 e. The van der Waals surface area contributed by atoms with Crippen molar-refractivity contribution in [2.45, 2.75) is 0 Å². The Morgan fingerprint density at radius 3 is 2.41 bits per heavy atom. The zero-order chi connectivity index (χ0) is 12.7. The maximum atomic E-state index is 12.8. The van der Waals surface area contributed by atoms with Crippen LogP contribution in [0.2, 0.25) is 0 Å². The van der Waals surface area contributed by atoms with Gasteiger partial charge in [0.2, 0.25) is 0 Å². The first-order valence-electron chi connectivity index (χ1n) is 5.19. The average molecular weight is 232 g/mol. The molecule has 0 amide bonds. The van der Waals surface area contributed by atoms with E-state index in [9.17, 15) is 8.78 Å². The Bertz CT molecular complexity index is 450. The highest BCUT2D eigenvalue weighted by atomic mass is 19.1. The van der Waals surface area contributed by atoms with Crippen molar-refractivity contribution >= 4 is 5.57 Å². The van der Waals surface area contributed by atoms with Gasteiger partial charge >= 0.3 is 0 Å². The molecule has 0 aliphatic carbocycles. The van der Waals surface area contributed by atoms with Gasteiger partial charge in [-0.05, 0) is 28.8 Å². The highest BCUT2D eigenvalue weighted by Gasteiger charge is 2.02. The van der Waals surface area contributed by atoms with Gasteiger partial charge in [0.1, 0.15) is 12.5 Å². The molecule has 0 aliphatic heterocycles. The standard InChI is InChI=1S/C15H14F2/c1-3-5-13(6-4-11-16)12(2)14-7-9-15(17)10-8-14/h3-10H,1-2,11H2/b6-4-,13-5+. The average Bonchev–Trinajstić information content (AvgIpc) is 2.34. The van der Waals surface area contributed by atoms with Gasteiger partial charge in [0.25, 0.3) is 0 Å². The molecule has 0 saturated heterocycles. The Balaban J connectivity index is 3.00. The Labute approximate surface area is 100 Å². The quantitative estimate of drug-likeness (QED) is 0.657. The molecular formula is C15H14F2. The van der Waals surface area contributed by atoms with Crippen LogP contribution in [0.15, 0.2) is 67.3 Å². The SMILES string of the molecule is C=C/C=C(\C=C/CF)C(=C)c1ccc(F)cc1. The maximum absolute atomic E-state index is 12.8. The third-order valence-corrected chi connectivity index (χ3v) is 2.23. The lowest BCUT2D eigenvalue weighted by atomic mass is 9.99. The Hall–Kier alpha value is -1.96. The predicted octanol–water partition coefficient (Wildman–Crippen LogP) is 4.48. The summed E-state index contributed by atoms with van der Waals surface area (Å²) in [6, 6.07) is 6.01. The number of halogens is 2. The Kier molecular flexibility index (Phi) is 5.08. The molecule has 0 atom stereocenters. The minimum absolute atomic E-state index is 0.296. The first kappa shape index (κ1) is 13.1. The monoisotopic (exact) mass is 232 g/mol. The highest BCUT2D eigenvalue weighted by Crippen LogP contribution is 2.22. The lowest BCUT2D eigenvalue weighted by Crippen LogP contribution is -1.87. The summed E-state index contributed by atoms with van der Waals surface area (Å²) in [4.78, 5) is 0. The number of allylic oxidation sites excluding steroid dienone is 6. The van der Waals surface area contributed by atoms with E-state index in [0.29, 0.717) is 5.57 Å². The van der Waals surface area contributed by atoms with Crippen LogP contribution < -0.4 is 0 Å². The van der Waals surface area contributed by atoms with Crippen LogP contribution in [0.3, 0.4) is 0 Å². The molecule has 1 aromatic carbocycles. The van der Waals surface area contributed by atoms with Gasteiger partial charge in [0, 0.05) is 0 Å². The van der Waals surface area contributed by atoms with Gasteiger partial charge in [-0.1, -0.05) is 49.6 Å². The van der Waals surface area contributed by atoms with Crippen molar-refractivity contribution in [1.29, 1.82) is 0 Å². The summed E-state index contributed by atoms with van der Waals surface area (Å²) in [6.07, 6.45) is 6.36. The van der Waals surface area contributed by atoms with Crippen LogP contribution in [0.25, 0.3) is 5.57 Å². The molecule has 0 fully saturated rings. The Morgan fingerprint density at radius 1 is 1.24 bits per heavy atom. The molecule has 88 valence electrons. The number of hydrogen-bond acceptors (Lipinski definition) is 0. The zero-order valence-corrected chi connectivity index (χ0v) is 9.50. The van der Waals surface area contributed by atoms with Crippen molar-refractivity contribution in [3.05, 3.63) is 78.7 Å². The molecule has 0 aromatic heterocycles. The van der Waals surface area contributed by atoms with Crippen molar-refractivity contribution in [2.75, 3.05) is 6.67 Å². The van der Waals surface area contributed by atoms with E-state index in [-0.39, 0.29) is 5.82 Å². The first-order valence-corrected chi connectivity index (χ1v) is 5.19. The summed E-state index contributed by atoms with van der Waals surface area (Å²) in [5.74, 6) is -0.296. The van der Waals surface area contributed by atoms with Crippen molar-refractivity contribution in [3.63, 3.8) is 0 Å². The van der Waals surface area contributed by atoms with Crippen molar-refractivity contribution in [1.82, 2.24) is 0 Å². The third kappa shape index (κ3) is 3.83. The zero-order valence-electron chi connectivity index (χ0n) is 9.50. The molecule has 0 nitrogen and oxygen atoms in total. The normalized spacial score (nSPS) is 11.8. The van der Waals surface area contributed by atoms with E-state index in [4.69, 9.17) is 0 Å². The largest absolute Gasteiger partial charge is 0.247 e. The lowest BCUT2D eigenvalue weighted by molar-refractivity contribution is 0.561. The molecule has 0 radical (unpaired) electrons. The van der Waals surface area contributed by atoms with Gasteiger partial charge in [0.05, 0.1) is 0 Å². The molecule has 1 aromatic rings. The number of alkyl halides is 1. The molecule has 0 heterocycles. The van der Waals surface area contributed by atoms with E-state index in [0.717, 1.165) is 11.1 Å². The van der Waals surface area contributed by atoms with Crippen LogP contribution in [0.1, 0.15) is 5.56 Å². The van der Waals surface area contributed by atoms with E-state index in [1.807, 2.05) is 0 Å². The van der Waals surface area contributed by atoms with Crippen LogP contribution in [0.5, 0.6) is 0 Å². The molecule has 2 heteroatoms. The third-order valence-electron chi connectivity index (χ3n) is 2.23. The van der Waals surface area contributed by atoms with Crippen LogP contribution in [-0.2, 0) is 0 Å². The van der Waals surface area contributed by atoms with Crippen molar-refractivity contribution in [3.8, 4) is 0 Å². The fourth-order valence-corrected chi connectivity index (χ4v) is 1.37. The van der Waals surface area contributed by atoms with E-state index >= 15 is 0 Å². The maximum Gasteiger partial charge on any atom is 0.123 e.